The SMILES string of the molecule is O=C(Nc1cccc2c1C(=O)N(Cc1cccc(N3CCOCC3=O)c1)C2)c1ccc(Cl)nc1. The average Bonchev–Trinajstić information content (AvgIpc) is 3.16. The minimum atomic E-state index is -0.369. The molecular weight excluding hydrogens is 456 g/mol. The fourth-order valence-electron chi connectivity index (χ4n) is 4.19. The third kappa shape index (κ3) is 4.37. The van der Waals surface area contributed by atoms with Crippen molar-refractivity contribution in [3.63, 3.8) is 0 Å². The number of morpholine rings is 1. The number of rotatable bonds is 5. The molecule has 1 aromatic heterocycles. The van der Waals surface area contributed by atoms with Gasteiger partial charge in [-0.25, -0.2) is 4.98 Å². The predicted molar refractivity (Wildman–Crippen MR) is 127 cm³/mol. The molecule has 0 saturated carbocycles. The summed E-state index contributed by atoms with van der Waals surface area (Å²) in [6.07, 6.45) is 1.39. The summed E-state index contributed by atoms with van der Waals surface area (Å²) in [6.45, 7) is 1.89. The molecule has 5 rings (SSSR count). The first-order valence-electron chi connectivity index (χ1n) is 10.8. The van der Waals surface area contributed by atoms with Crippen molar-refractivity contribution in [1.29, 1.82) is 0 Å². The van der Waals surface area contributed by atoms with Crippen molar-refractivity contribution in [1.82, 2.24) is 9.88 Å². The molecule has 0 atom stereocenters. The maximum absolute atomic E-state index is 13.3. The number of nitrogens with one attached hydrogen (secondary N) is 1. The van der Waals surface area contributed by atoms with Crippen LogP contribution in [0.2, 0.25) is 5.15 Å². The highest BCUT2D eigenvalue weighted by Crippen LogP contribution is 2.31. The predicted octanol–water partition coefficient (Wildman–Crippen LogP) is 3.51. The van der Waals surface area contributed by atoms with Gasteiger partial charge in [-0.3, -0.25) is 14.4 Å². The summed E-state index contributed by atoms with van der Waals surface area (Å²) in [4.78, 5) is 45.5. The van der Waals surface area contributed by atoms with Crippen molar-refractivity contribution < 1.29 is 19.1 Å². The van der Waals surface area contributed by atoms with E-state index in [1.54, 1.807) is 21.9 Å². The second kappa shape index (κ2) is 9.24. The Morgan fingerprint density at radius 3 is 2.76 bits per heavy atom. The number of amides is 3. The monoisotopic (exact) mass is 476 g/mol. The Morgan fingerprint density at radius 1 is 1.12 bits per heavy atom. The molecule has 1 N–H and O–H groups in total. The topological polar surface area (TPSA) is 91.8 Å². The molecule has 1 saturated heterocycles. The fourth-order valence-corrected chi connectivity index (χ4v) is 4.30. The Kier molecular flexibility index (Phi) is 6.00. The summed E-state index contributed by atoms with van der Waals surface area (Å²) in [5, 5.41) is 3.12. The third-order valence-corrected chi connectivity index (χ3v) is 6.06. The van der Waals surface area contributed by atoms with Crippen LogP contribution < -0.4 is 10.2 Å². The molecule has 9 heteroatoms. The van der Waals surface area contributed by atoms with Crippen LogP contribution in [0.15, 0.2) is 60.8 Å². The maximum atomic E-state index is 13.3. The molecule has 1 fully saturated rings. The summed E-state index contributed by atoms with van der Waals surface area (Å²) >= 11 is 5.80. The Hall–Kier alpha value is -3.75. The highest BCUT2D eigenvalue weighted by atomic mass is 35.5. The number of pyridine rings is 1. The van der Waals surface area contributed by atoms with Crippen LogP contribution in [0.3, 0.4) is 0 Å². The minimum Gasteiger partial charge on any atom is -0.370 e. The van der Waals surface area contributed by atoms with Crippen LogP contribution in [0.1, 0.15) is 31.8 Å². The summed E-state index contributed by atoms with van der Waals surface area (Å²) in [6, 6.07) is 16.2. The van der Waals surface area contributed by atoms with Crippen molar-refractivity contribution in [2.24, 2.45) is 0 Å². The number of anilines is 2. The molecule has 8 nitrogen and oxygen atoms in total. The fraction of sp³-hybridized carbons (Fsp3) is 0.200. The first-order chi connectivity index (χ1) is 16.5. The van der Waals surface area contributed by atoms with Gasteiger partial charge in [0.25, 0.3) is 17.7 Å². The molecule has 34 heavy (non-hydrogen) atoms. The van der Waals surface area contributed by atoms with E-state index in [0.29, 0.717) is 48.2 Å². The molecule has 172 valence electrons. The van der Waals surface area contributed by atoms with Gasteiger partial charge in [0.05, 0.1) is 23.4 Å². The lowest BCUT2D eigenvalue weighted by atomic mass is 10.1. The van der Waals surface area contributed by atoms with Gasteiger partial charge in [0, 0.05) is 31.5 Å². The third-order valence-electron chi connectivity index (χ3n) is 5.83. The second-order valence-corrected chi connectivity index (χ2v) is 8.48. The quantitative estimate of drug-likeness (QED) is 0.569. The van der Waals surface area contributed by atoms with E-state index in [1.165, 1.54) is 12.3 Å². The second-order valence-electron chi connectivity index (χ2n) is 8.09. The minimum absolute atomic E-state index is 0.0741. The molecule has 2 aromatic carbocycles. The van der Waals surface area contributed by atoms with Crippen molar-refractivity contribution >= 4 is 40.7 Å². The highest BCUT2D eigenvalue weighted by Gasteiger charge is 2.31. The van der Waals surface area contributed by atoms with E-state index in [0.717, 1.165) is 16.8 Å². The van der Waals surface area contributed by atoms with Gasteiger partial charge in [-0.1, -0.05) is 35.9 Å². The molecule has 2 aliphatic rings. The number of carbonyl (C=O) groups excluding carboxylic acids is 3. The lowest BCUT2D eigenvalue weighted by Crippen LogP contribution is -2.41. The molecule has 3 amide bonds. The number of aromatic nitrogens is 1. The van der Waals surface area contributed by atoms with Crippen LogP contribution in [0, 0.1) is 0 Å². The van der Waals surface area contributed by atoms with Gasteiger partial charge >= 0.3 is 0 Å². The molecule has 2 aliphatic heterocycles. The van der Waals surface area contributed by atoms with Crippen LogP contribution in [-0.4, -0.2) is 47.4 Å². The number of carbonyl (C=O) groups is 3. The van der Waals surface area contributed by atoms with Gasteiger partial charge < -0.3 is 19.9 Å². The van der Waals surface area contributed by atoms with E-state index < -0.39 is 0 Å². The zero-order valence-electron chi connectivity index (χ0n) is 18.2. The standard InChI is InChI=1S/C25H21ClN4O4/c26-21-8-7-17(12-27-21)24(32)28-20-6-2-4-18-14-29(25(33)23(18)20)13-16-3-1-5-19(11-16)30-9-10-34-15-22(30)31/h1-8,11-12H,9-10,13-15H2,(H,28,32). The molecule has 0 unspecified atom stereocenters. The van der Waals surface area contributed by atoms with Gasteiger partial charge in [0.2, 0.25) is 0 Å². The van der Waals surface area contributed by atoms with Gasteiger partial charge in [0.15, 0.2) is 0 Å². The van der Waals surface area contributed by atoms with Crippen LogP contribution in [-0.2, 0) is 22.6 Å². The number of nitrogens with zero attached hydrogens (tertiary/aromatic N) is 3. The van der Waals surface area contributed by atoms with Gasteiger partial charge in [0.1, 0.15) is 11.8 Å². The van der Waals surface area contributed by atoms with Crippen LogP contribution in [0.25, 0.3) is 0 Å². The Morgan fingerprint density at radius 2 is 1.97 bits per heavy atom. The van der Waals surface area contributed by atoms with E-state index >= 15 is 0 Å². The zero-order valence-corrected chi connectivity index (χ0v) is 18.9. The Bertz CT molecular complexity index is 1280. The number of hydrogen-bond acceptors (Lipinski definition) is 5. The average molecular weight is 477 g/mol. The van der Waals surface area contributed by atoms with Gasteiger partial charge in [-0.05, 0) is 41.5 Å². The van der Waals surface area contributed by atoms with Gasteiger partial charge in [-0.15, -0.1) is 0 Å². The molecule has 3 aromatic rings. The van der Waals surface area contributed by atoms with Gasteiger partial charge in [-0.2, -0.15) is 0 Å². The van der Waals surface area contributed by atoms with Crippen LogP contribution in [0.5, 0.6) is 0 Å². The van der Waals surface area contributed by atoms with Crippen molar-refractivity contribution in [3.8, 4) is 0 Å². The number of hydrogen-bond donors (Lipinski definition) is 1. The molecule has 0 spiro atoms. The van der Waals surface area contributed by atoms with Crippen molar-refractivity contribution in [3.05, 3.63) is 88.2 Å². The van der Waals surface area contributed by atoms with E-state index in [4.69, 9.17) is 16.3 Å². The molecule has 0 bridgehead atoms. The van der Waals surface area contributed by atoms with Crippen molar-refractivity contribution in [2.75, 3.05) is 30.0 Å². The smallest absolute Gasteiger partial charge is 0.257 e. The summed E-state index contributed by atoms with van der Waals surface area (Å²) < 4.78 is 5.21. The number of fused-ring (bicyclic) bond motifs is 1. The number of halogens is 1. The highest BCUT2D eigenvalue weighted by molar-refractivity contribution is 6.29. The first-order valence-corrected chi connectivity index (χ1v) is 11.2. The molecular formula is C25H21ClN4O4. The zero-order chi connectivity index (χ0) is 23.7. The van der Waals surface area contributed by atoms with E-state index in [9.17, 15) is 14.4 Å². The Balaban J connectivity index is 1.33. The Labute approximate surface area is 201 Å². The first kappa shape index (κ1) is 22.1. The van der Waals surface area contributed by atoms with Crippen LogP contribution >= 0.6 is 11.6 Å². The lowest BCUT2D eigenvalue weighted by molar-refractivity contribution is -0.125. The molecule has 0 radical (unpaired) electrons. The molecule has 0 aliphatic carbocycles. The number of benzene rings is 2. The van der Waals surface area contributed by atoms with Crippen LogP contribution in [0.4, 0.5) is 11.4 Å². The number of ether oxygens (including phenoxy) is 1. The summed E-state index contributed by atoms with van der Waals surface area (Å²) in [7, 11) is 0. The normalized spacial score (nSPS) is 15.4. The largest absolute Gasteiger partial charge is 0.370 e. The van der Waals surface area contributed by atoms with E-state index in [-0.39, 0.29) is 24.3 Å². The maximum Gasteiger partial charge on any atom is 0.257 e. The summed E-state index contributed by atoms with van der Waals surface area (Å²) in [5.74, 6) is -0.607. The molecule has 3 heterocycles. The lowest BCUT2D eigenvalue weighted by Gasteiger charge is -2.27. The van der Waals surface area contributed by atoms with E-state index in [1.807, 2.05) is 36.4 Å². The summed E-state index contributed by atoms with van der Waals surface area (Å²) in [5.41, 5.74) is 3.83. The van der Waals surface area contributed by atoms with Crippen molar-refractivity contribution in [2.45, 2.75) is 13.1 Å². The van der Waals surface area contributed by atoms with E-state index in [2.05, 4.69) is 10.3 Å².